The van der Waals surface area contributed by atoms with E-state index in [4.69, 9.17) is 0 Å². The number of para-hydroxylation sites is 2. The third-order valence-corrected chi connectivity index (χ3v) is 21.8. The van der Waals surface area contributed by atoms with Crippen molar-refractivity contribution in [1.29, 1.82) is 0 Å². The fraction of sp³-hybridized carbons (Fsp3) is 0.348. The van der Waals surface area contributed by atoms with Crippen molar-refractivity contribution in [2.45, 2.75) is 210 Å². The number of rotatable bonds is 9. The van der Waals surface area contributed by atoms with Gasteiger partial charge in [-0.2, -0.15) is 0 Å². The number of fused-ring (bicyclic) bond motifs is 10. The molecule has 0 bridgehead atoms. The maximum absolute atomic E-state index is 2.76. The van der Waals surface area contributed by atoms with Crippen LogP contribution in [0.2, 0.25) is 0 Å². The summed E-state index contributed by atoms with van der Waals surface area (Å²) < 4.78 is 5.06. The maximum Gasteiger partial charge on any atom is 0.252 e. The number of anilines is 6. The Morgan fingerprint density at radius 2 is 0.588 bits per heavy atom. The van der Waals surface area contributed by atoms with Gasteiger partial charge in [-0.1, -0.05) is 250 Å². The SMILES string of the molecule is CC(C)c1cccc(C(C)C)c1N1c2cc(-c3ccc(-n4c5ccc(C(C)(C)C)cc5c5cc(C(C)(C)C)ccc54)cc3)ccc2B2c3ccc(-n4c5ccc(C(C)(C)C)cc5c5cc(C(C)(C)C)ccc54)cc3N(c3c(C(C)C)cccc3C(C)C)c3cc(C(C)(C)C)cc1c32. The Labute approximate surface area is 580 Å². The van der Waals surface area contributed by atoms with E-state index in [1.54, 1.807) is 0 Å². The molecule has 4 heterocycles. The van der Waals surface area contributed by atoms with Crippen LogP contribution in [0.1, 0.15) is 233 Å². The van der Waals surface area contributed by atoms with Crippen molar-refractivity contribution in [3.63, 3.8) is 0 Å². The monoisotopic (exact) mass is 1270 g/mol. The molecule has 97 heavy (non-hydrogen) atoms. The van der Waals surface area contributed by atoms with Crippen LogP contribution in [-0.2, 0) is 27.1 Å². The van der Waals surface area contributed by atoms with Gasteiger partial charge in [0.05, 0.1) is 33.4 Å². The molecule has 0 unspecified atom stereocenters. The Morgan fingerprint density at radius 3 is 0.928 bits per heavy atom. The third-order valence-electron chi connectivity index (χ3n) is 21.8. The van der Waals surface area contributed by atoms with Gasteiger partial charge in [-0.3, -0.25) is 0 Å². The van der Waals surface area contributed by atoms with Crippen molar-refractivity contribution >= 4 is 101 Å². The standard InChI is InChI=1S/C92H103BN4/c1-54(2)67-26-24-27-68(55(3)4)86(67)96-81-46-59(58-30-37-65(38-31-58)94-77-42-33-60(88(9,10)11)47-71(77)72-48-61(89(12,13)14)34-43-78(72)94)32-40-75(81)93-76-41-39-66(95-79-44-35-62(90(15,16)17)49-73(79)74-50-63(91(18,19)20)36-45-80(74)95)53-82(76)97(84-52-64(92(21,22)23)51-83(96)85(84)93)87-69(56(5)6)28-25-29-70(87)57(7)8/h24-57H,1-23H3. The van der Waals surface area contributed by atoms with E-state index in [0.29, 0.717) is 0 Å². The summed E-state index contributed by atoms with van der Waals surface area (Å²) in [6, 6.07) is 72.8. The quantitative estimate of drug-likeness (QED) is 0.134. The average Bonchev–Trinajstić information content (AvgIpc) is 1.45. The van der Waals surface area contributed by atoms with Crippen molar-refractivity contribution in [2.24, 2.45) is 0 Å². The minimum atomic E-state index is -0.206. The molecule has 0 amide bonds. The smallest absolute Gasteiger partial charge is 0.252 e. The fourth-order valence-corrected chi connectivity index (χ4v) is 16.0. The van der Waals surface area contributed by atoms with Gasteiger partial charge in [0.1, 0.15) is 0 Å². The molecule has 0 saturated heterocycles. The molecule has 10 aromatic carbocycles. The van der Waals surface area contributed by atoms with Gasteiger partial charge in [0.15, 0.2) is 0 Å². The number of benzene rings is 10. The fourth-order valence-electron chi connectivity index (χ4n) is 16.0. The lowest BCUT2D eigenvalue weighted by Gasteiger charge is -2.47. The molecule has 494 valence electrons. The van der Waals surface area contributed by atoms with Crippen LogP contribution < -0.4 is 26.2 Å². The Bertz CT molecular complexity index is 4940. The summed E-state index contributed by atoms with van der Waals surface area (Å²) in [4.78, 5) is 5.52. The molecule has 12 aromatic rings. The molecular formula is C92H103BN4. The molecule has 14 rings (SSSR count). The molecule has 4 nitrogen and oxygen atoms in total. The van der Waals surface area contributed by atoms with Gasteiger partial charge in [-0.15, -0.1) is 0 Å². The molecule has 2 aliphatic heterocycles. The predicted octanol–water partition coefficient (Wildman–Crippen LogP) is 24.6. The van der Waals surface area contributed by atoms with Gasteiger partial charge in [0.25, 0.3) is 6.71 Å². The lowest BCUT2D eigenvalue weighted by molar-refractivity contribution is 0.590. The molecule has 0 saturated carbocycles. The van der Waals surface area contributed by atoms with Crippen LogP contribution in [0.5, 0.6) is 0 Å². The maximum atomic E-state index is 2.76. The Morgan fingerprint density at radius 1 is 0.278 bits per heavy atom. The van der Waals surface area contributed by atoms with Crippen molar-refractivity contribution < 1.29 is 0 Å². The first-order valence-corrected chi connectivity index (χ1v) is 36.2. The highest BCUT2D eigenvalue weighted by Crippen LogP contribution is 2.53. The van der Waals surface area contributed by atoms with Crippen molar-refractivity contribution in [3.05, 3.63) is 232 Å². The van der Waals surface area contributed by atoms with E-state index in [9.17, 15) is 0 Å². The van der Waals surface area contributed by atoms with E-state index in [0.717, 1.165) is 11.4 Å². The van der Waals surface area contributed by atoms with E-state index < -0.39 is 0 Å². The predicted molar refractivity (Wildman–Crippen MR) is 424 cm³/mol. The topological polar surface area (TPSA) is 16.3 Å². The molecule has 0 atom stereocenters. The van der Waals surface area contributed by atoms with Crippen LogP contribution >= 0.6 is 0 Å². The highest BCUT2D eigenvalue weighted by atomic mass is 15.2. The molecule has 2 aromatic heterocycles. The van der Waals surface area contributed by atoms with Crippen LogP contribution in [0.3, 0.4) is 0 Å². The van der Waals surface area contributed by atoms with Crippen molar-refractivity contribution in [2.75, 3.05) is 9.80 Å². The van der Waals surface area contributed by atoms with Crippen LogP contribution in [0, 0.1) is 0 Å². The second-order valence-electron chi connectivity index (χ2n) is 35.1. The minimum Gasteiger partial charge on any atom is -0.311 e. The van der Waals surface area contributed by atoms with Crippen LogP contribution in [0.4, 0.5) is 34.1 Å². The largest absolute Gasteiger partial charge is 0.311 e. The van der Waals surface area contributed by atoms with Crippen LogP contribution in [-0.4, -0.2) is 15.8 Å². The number of hydrogen-bond donors (Lipinski definition) is 0. The molecule has 0 spiro atoms. The molecule has 0 N–H and O–H groups in total. The first-order chi connectivity index (χ1) is 45.6. The molecule has 2 aliphatic rings. The molecule has 0 radical (unpaired) electrons. The summed E-state index contributed by atoms with van der Waals surface area (Å²) >= 11 is 0. The average molecular weight is 1280 g/mol. The van der Waals surface area contributed by atoms with E-state index in [-0.39, 0.29) is 57.5 Å². The second-order valence-corrected chi connectivity index (χ2v) is 35.1. The zero-order valence-corrected chi connectivity index (χ0v) is 62.5. The summed E-state index contributed by atoms with van der Waals surface area (Å²) in [7, 11) is 0. The molecule has 5 heteroatoms. The summed E-state index contributed by atoms with van der Waals surface area (Å²) in [5.74, 6) is 1.03. The van der Waals surface area contributed by atoms with E-state index >= 15 is 0 Å². The first-order valence-electron chi connectivity index (χ1n) is 36.2. The Hall–Kier alpha value is -8.54. The zero-order valence-electron chi connectivity index (χ0n) is 62.5. The van der Waals surface area contributed by atoms with Gasteiger partial charge in [0, 0.05) is 55.7 Å². The molecular weight excluding hydrogens is 1170 g/mol. The molecule has 0 aliphatic carbocycles. The summed E-state index contributed by atoms with van der Waals surface area (Å²) in [6.45, 7) is 54.2. The lowest BCUT2D eigenvalue weighted by atomic mass is 9.33. The third kappa shape index (κ3) is 11.0. The minimum absolute atomic E-state index is 0.0139. The molecule has 0 fully saturated rings. The lowest BCUT2D eigenvalue weighted by Crippen LogP contribution is -2.61. The van der Waals surface area contributed by atoms with Gasteiger partial charge >= 0.3 is 0 Å². The first kappa shape index (κ1) is 65.7. The second kappa shape index (κ2) is 23.0. The van der Waals surface area contributed by atoms with E-state index in [1.165, 1.54) is 155 Å². The summed E-state index contributed by atoms with van der Waals surface area (Å²) in [6.07, 6.45) is 0. The zero-order chi connectivity index (χ0) is 69.2. The summed E-state index contributed by atoms with van der Waals surface area (Å²) in [5.41, 5.74) is 33.1. The Balaban J connectivity index is 1.05. The van der Waals surface area contributed by atoms with Crippen LogP contribution in [0.15, 0.2) is 182 Å². The normalized spacial score (nSPS) is 13.8. The number of nitrogens with zero attached hydrogens (tertiary/aromatic N) is 4. The summed E-state index contributed by atoms with van der Waals surface area (Å²) in [5, 5.41) is 5.20. The van der Waals surface area contributed by atoms with Gasteiger partial charge in [0.2, 0.25) is 0 Å². The van der Waals surface area contributed by atoms with E-state index in [2.05, 4.69) is 360 Å². The van der Waals surface area contributed by atoms with Gasteiger partial charge in [-0.25, -0.2) is 0 Å². The van der Waals surface area contributed by atoms with Gasteiger partial charge < -0.3 is 18.9 Å². The number of hydrogen-bond acceptors (Lipinski definition) is 2. The number of aromatic nitrogens is 2. The Kier molecular flexibility index (Phi) is 15.6. The highest BCUT2D eigenvalue weighted by molar-refractivity contribution is 7.00. The van der Waals surface area contributed by atoms with Crippen molar-refractivity contribution in [1.82, 2.24) is 9.13 Å². The van der Waals surface area contributed by atoms with Crippen molar-refractivity contribution in [3.8, 4) is 22.5 Å². The van der Waals surface area contributed by atoms with Gasteiger partial charge in [-0.05, 0) is 219 Å². The highest BCUT2D eigenvalue weighted by Gasteiger charge is 2.46. The van der Waals surface area contributed by atoms with E-state index in [1.807, 2.05) is 0 Å². The van der Waals surface area contributed by atoms with Crippen LogP contribution in [0.25, 0.3) is 66.1 Å².